The zero-order chi connectivity index (χ0) is 13.3. The summed E-state index contributed by atoms with van der Waals surface area (Å²) >= 11 is 0.803. The molecule has 2 atom stereocenters. The molecule has 1 aromatic heterocycles. The third kappa shape index (κ3) is 2.74. The van der Waals surface area contributed by atoms with Crippen LogP contribution in [0.15, 0.2) is 0 Å². The van der Waals surface area contributed by atoms with E-state index in [9.17, 15) is 13.2 Å². The second-order valence-corrected chi connectivity index (χ2v) is 5.31. The predicted octanol–water partition coefficient (Wildman–Crippen LogP) is 2.12. The molecule has 2 heterocycles. The molecule has 1 saturated heterocycles. The Labute approximate surface area is 107 Å². The van der Waals surface area contributed by atoms with Crippen LogP contribution in [0.4, 0.5) is 18.3 Å². The highest BCUT2D eigenvalue weighted by Crippen LogP contribution is 2.33. The number of aromatic nitrogens is 2. The first-order chi connectivity index (χ1) is 8.41. The van der Waals surface area contributed by atoms with Crippen molar-refractivity contribution in [2.45, 2.75) is 32.0 Å². The number of hydrogen-bond donors (Lipinski definition) is 1. The lowest BCUT2D eigenvalue weighted by atomic mass is 9.94. The van der Waals surface area contributed by atoms with Crippen molar-refractivity contribution in [1.29, 1.82) is 0 Å². The predicted molar refractivity (Wildman–Crippen MR) is 63.5 cm³/mol. The monoisotopic (exact) mass is 280 g/mol. The van der Waals surface area contributed by atoms with Crippen LogP contribution >= 0.6 is 11.5 Å². The molecule has 0 aliphatic carbocycles. The molecule has 18 heavy (non-hydrogen) atoms. The lowest BCUT2D eigenvalue weighted by molar-refractivity contribution is -0.144. The molecule has 0 aromatic carbocycles. The third-order valence-corrected chi connectivity index (χ3v) is 3.98. The molecule has 0 bridgehead atoms. The number of nitrogens with two attached hydrogens (primary N) is 1. The van der Waals surface area contributed by atoms with Crippen LogP contribution < -0.4 is 10.6 Å². The van der Waals surface area contributed by atoms with Gasteiger partial charge in [0.25, 0.3) is 0 Å². The minimum atomic E-state index is -4.47. The third-order valence-electron chi connectivity index (χ3n) is 3.23. The SMILES string of the molecule is CC1CCC(CN)CN1c1nc(C(F)(F)F)ns1. The van der Waals surface area contributed by atoms with Crippen LogP contribution in [-0.4, -0.2) is 28.5 Å². The van der Waals surface area contributed by atoms with E-state index in [0.717, 1.165) is 24.4 Å². The van der Waals surface area contributed by atoms with Crippen molar-refractivity contribution in [3.63, 3.8) is 0 Å². The average molecular weight is 280 g/mol. The first-order valence-electron chi connectivity index (χ1n) is 5.79. The van der Waals surface area contributed by atoms with Gasteiger partial charge in [-0.25, -0.2) is 0 Å². The minimum absolute atomic E-state index is 0.182. The summed E-state index contributed by atoms with van der Waals surface area (Å²) in [5, 5.41) is 0.341. The van der Waals surface area contributed by atoms with E-state index in [0.29, 0.717) is 24.1 Å². The van der Waals surface area contributed by atoms with Gasteiger partial charge >= 0.3 is 6.18 Å². The fourth-order valence-electron chi connectivity index (χ4n) is 2.09. The topological polar surface area (TPSA) is 55.0 Å². The molecular formula is C10H15F3N4S. The van der Waals surface area contributed by atoms with Crippen molar-refractivity contribution in [2.75, 3.05) is 18.0 Å². The van der Waals surface area contributed by atoms with E-state index < -0.39 is 12.0 Å². The molecule has 102 valence electrons. The highest BCUT2D eigenvalue weighted by Gasteiger charge is 2.37. The molecule has 0 saturated carbocycles. The highest BCUT2D eigenvalue weighted by molar-refractivity contribution is 7.09. The summed E-state index contributed by atoms with van der Waals surface area (Å²) in [6.07, 6.45) is -2.54. The maximum Gasteiger partial charge on any atom is 0.452 e. The first-order valence-corrected chi connectivity index (χ1v) is 6.56. The Balaban J connectivity index is 2.17. The Morgan fingerprint density at radius 2 is 2.17 bits per heavy atom. The molecule has 2 rings (SSSR count). The maximum atomic E-state index is 12.5. The minimum Gasteiger partial charge on any atom is -0.344 e. The molecule has 1 aliphatic rings. The van der Waals surface area contributed by atoms with E-state index in [1.807, 2.05) is 11.8 Å². The number of halogens is 3. The van der Waals surface area contributed by atoms with E-state index >= 15 is 0 Å². The molecule has 8 heteroatoms. The van der Waals surface area contributed by atoms with Gasteiger partial charge in [-0.05, 0) is 32.2 Å². The molecular weight excluding hydrogens is 265 g/mol. The van der Waals surface area contributed by atoms with E-state index in [4.69, 9.17) is 5.73 Å². The number of piperidine rings is 1. The van der Waals surface area contributed by atoms with Gasteiger partial charge in [0, 0.05) is 24.1 Å². The van der Waals surface area contributed by atoms with Gasteiger partial charge in [-0.3, -0.25) is 0 Å². The molecule has 0 spiro atoms. The van der Waals surface area contributed by atoms with Crippen molar-refractivity contribution in [1.82, 2.24) is 9.36 Å². The van der Waals surface area contributed by atoms with Gasteiger partial charge in [0.05, 0.1) is 0 Å². The Hall–Kier alpha value is -0.890. The summed E-state index contributed by atoms with van der Waals surface area (Å²) in [5.74, 6) is -0.732. The number of anilines is 1. The fraction of sp³-hybridized carbons (Fsp3) is 0.800. The van der Waals surface area contributed by atoms with Gasteiger partial charge in [0.2, 0.25) is 11.0 Å². The van der Waals surface area contributed by atoms with Crippen LogP contribution in [0.1, 0.15) is 25.6 Å². The smallest absolute Gasteiger partial charge is 0.344 e. The molecule has 4 nitrogen and oxygen atoms in total. The second kappa shape index (κ2) is 5.00. The van der Waals surface area contributed by atoms with Gasteiger partial charge in [-0.15, -0.1) is 0 Å². The fourth-order valence-corrected chi connectivity index (χ4v) is 2.89. The normalized spacial score (nSPS) is 25.5. The summed E-state index contributed by atoms with van der Waals surface area (Å²) < 4.78 is 40.7. The van der Waals surface area contributed by atoms with E-state index in [-0.39, 0.29) is 6.04 Å². The van der Waals surface area contributed by atoms with Crippen molar-refractivity contribution >= 4 is 16.7 Å². The molecule has 1 aliphatic heterocycles. The maximum absolute atomic E-state index is 12.5. The number of alkyl halides is 3. The number of nitrogens with zero attached hydrogens (tertiary/aromatic N) is 3. The quantitative estimate of drug-likeness (QED) is 0.901. The van der Waals surface area contributed by atoms with Crippen molar-refractivity contribution in [3.05, 3.63) is 5.82 Å². The van der Waals surface area contributed by atoms with Crippen LogP contribution in [0, 0.1) is 5.92 Å². The lowest BCUT2D eigenvalue weighted by Gasteiger charge is -2.37. The highest BCUT2D eigenvalue weighted by atomic mass is 32.1. The van der Waals surface area contributed by atoms with E-state index in [1.54, 1.807) is 0 Å². The zero-order valence-corrected chi connectivity index (χ0v) is 10.8. The first kappa shape index (κ1) is 13.5. The summed E-state index contributed by atoms with van der Waals surface area (Å²) in [4.78, 5) is 5.47. The number of hydrogen-bond acceptors (Lipinski definition) is 5. The van der Waals surface area contributed by atoms with Crippen LogP contribution in [0.3, 0.4) is 0 Å². The Kier molecular flexibility index (Phi) is 3.76. The molecule has 1 aromatic rings. The van der Waals surface area contributed by atoms with Gasteiger partial charge in [-0.2, -0.15) is 22.5 Å². The van der Waals surface area contributed by atoms with Crippen molar-refractivity contribution in [3.8, 4) is 0 Å². The largest absolute Gasteiger partial charge is 0.452 e. The summed E-state index contributed by atoms with van der Waals surface area (Å²) in [7, 11) is 0. The number of rotatable bonds is 2. The van der Waals surface area contributed by atoms with Crippen LogP contribution in [0.25, 0.3) is 0 Å². The van der Waals surface area contributed by atoms with Gasteiger partial charge in [0.1, 0.15) is 0 Å². The summed E-state index contributed by atoms with van der Waals surface area (Å²) in [6.45, 7) is 3.19. The molecule has 2 unspecified atom stereocenters. The molecule has 2 N–H and O–H groups in total. The molecule has 0 amide bonds. The van der Waals surface area contributed by atoms with Crippen molar-refractivity contribution < 1.29 is 13.2 Å². The van der Waals surface area contributed by atoms with Gasteiger partial charge in [-0.1, -0.05) is 0 Å². The molecule has 1 fully saturated rings. The average Bonchev–Trinajstić information content (AvgIpc) is 2.78. The van der Waals surface area contributed by atoms with Crippen LogP contribution in [0.5, 0.6) is 0 Å². The molecule has 0 radical (unpaired) electrons. The summed E-state index contributed by atoms with van der Waals surface area (Å²) in [6, 6.07) is 0.182. The summed E-state index contributed by atoms with van der Waals surface area (Å²) in [5.41, 5.74) is 5.62. The van der Waals surface area contributed by atoms with Gasteiger partial charge < -0.3 is 10.6 Å². The van der Waals surface area contributed by atoms with E-state index in [1.165, 1.54) is 0 Å². The second-order valence-electron chi connectivity index (χ2n) is 4.58. The Morgan fingerprint density at radius 3 is 2.72 bits per heavy atom. The van der Waals surface area contributed by atoms with Crippen molar-refractivity contribution in [2.24, 2.45) is 11.7 Å². The van der Waals surface area contributed by atoms with Crippen LogP contribution in [0.2, 0.25) is 0 Å². The standard InChI is InChI=1S/C10H15F3N4S/c1-6-2-3-7(4-14)5-17(6)9-15-8(16-18-9)10(11,12)13/h6-7H,2-5,14H2,1H3. The zero-order valence-electron chi connectivity index (χ0n) is 9.94. The van der Waals surface area contributed by atoms with Crippen LogP contribution in [-0.2, 0) is 6.18 Å². The lowest BCUT2D eigenvalue weighted by Crippen LogP contribution is -2.44. The Bertz CT molecular complexity index is 406. The van der Waals surface area contributed by atoms with E-state index in [2.05, 4.69) is 9.36 Å². The Morgan fingerprint density at radius 1 is 1.44 bits per heavy atom. The van der Waals surface area contributed by atoms with Gasteiger partial charge in [0.15, 0.2) is 0 Å².